The maximum absolute atomic E-state index is 2.63. The molecule has 0 amide bonds. The Hall–Kier alpha value is -7.69. The van der Waals surface area contributed by atoms with Crippen molar-refractivity contribution in [1.82, 2.24) is 0 Å². The minimum absolute atomic E-state index is 0.0614. The van der Waals surface area contributed by atoms with Gasteiger partial charge in [-0.25, -0.2) is 0 Å². The molecule has 13 rings (SSSR count). The second-order valence-electron chi connectivity index (χ2n) is 17.1. The first kappa shape index (κ1) is 35.1. The lowest BCUT2D eigenvalue weighted by atomic mass is 9.31. The van der Waals surface area contributed by atoms with Crippen LogP contribution in [-0.2, 0) is 0 Å². The lowest BCUT2D eigenvalue weighted by Crippen LogP contribution is -2.68. The molecule has 0 radical (unpaired) electrons. The number of fused-ring (bicyclic) bond motifs is 10. The highest BCUT2D eigenvalue weighted by Gasteiger charge is 2.52. The van der Waals surface area contributed by atoms with Crippen molar-refractivity contribution >= 4 is 103 Å². The molecule has 0 N–H and O–H groups in total. The second kappa shape index (κ2) is 13.4. The highest BCUT2D eigenvalue weighted by Crippen LogP contribution is 2.52. The van der Waals surface area contributed by atoms with E-state index in [-0.39, 0.29) is 13.6 Å². The third kappa shape index (κ3) is 4.98. The van der Waals surface area contributed by atoms with Crippen LogP contribution in [0.5, 0.6) is 0 Å². The lowest BCUT2D eigenvalue weighted by Gasteiger charge is -2.51. The number of aryl methyl sites for hydroxylation is 2. The number of rotatable bonds is 5. The quantitative estimate of drug-likeness (QED) is 0.161. The molecule has 4 aliphatic rings. The van der Waals surface area contributed by atoms with E-state index >= 15 is 0 Å². The summed E-state index contributed by atoms with van der Waals surface area (Å²) in [4.78, 5) is 10.2. The molecule has 4 nitrogen and oxygen atoms in total. The standard InChI is InChI=1S/C56H40B2N4/c1-37-25-29-40(30-26-37)59(41-31-27-38(2)28-32-41)43-33-34-44-45-36-53-55-56-54(45)58(62(52(44)35-43)42-17-7-4-8-18-42)48-21-11-14-24-51(48)61(56)50-23-13-10-20-47(50)57(55)46-19-9-12-22-49(46)60(53)39-15-5-3-6-16-39/h3-36H,1-2H3. The SMILES string of the molecule is Cc1ccc(N(c2ccc(C)cc2)c2ccc3c(c2)N(c2ccccc2)B2c4ccccc4N4c5ccccc5B5c6ccccc6N(c6ccccc6)c6cc-3c2c4c65)cc1. The van der Waals surface area contributed by atoms with Gasteiger partial charge in [-0.15, -0.1) is 0 Å². The average Bonchev–Trinajstić information content (AvgIpc) is 3.33. The Bertz CT molecular complexity index is 3190. The Morgan fingerprint density at radius 1 is 0.371 bits per heavy atom. The van der Waals surface area contributed by atoms with Crippen molar-refractivity contribution in [3.63, 3.8) is 0 Å². The third-order valence-electron chi connectivity index (χ3n) is 13.5. The average molecular weight is 791 g/mol. The molecular formula is C56H40B2N4. The fourth-order valence-electron chi connectivity index (χ4n) is 10.9. The Balaban J connectivity index is 1.16. The first-order chi connectivity index (χ1) is 30.6. The van der Waals surface area contributed by atoms with Gasteiger partial charge in [0.05, 0.1) is 0 Å². The maximum Gasteiger partial charge on any atom is 0.333 e. The number of hydrogen-bond donors (Lipinski definition) is 0. The molecule has 9 aromatic carbocycles. The highest BCUT2D eigenvalue weighted by atomic mass is 15.2. The summed E-state index contributed by atoms with van der Waals surface area (Å²) in [6.07, 6.45) is 0. The van der Waals surface area contributed by atoms with Crippen molar-refractivity contribution < 1.29 is 0 Å². The molecule has 6 heteroatoms. The van der Waals surface area contributed by atoms with Crippen LogP contribution in [0.15, 0.2) is 206 Å². The molecule has 290 valence electrons. The van der Waals surface area contributed by atoms with E-state index < -0.39 is 0 Å². The number of hydrogen-bond acceptors (Lipinski definition) is 4. The molecule has 0 unspecified atom stereocenters. The number of benzene rings is 9. The van der Waals surface area contributed by atoms with Gasteiger partial charge in [0.2, 0.25) is 0 Å². The Morgan fingerprint density at radius 2 is 0.871 bits per heavy atom. The zero-order valence-corrected chi connectivity index (χ0v) is 34.6. The minimum atomic E-state index is -0.0941. The largest absolute Gasteiger partial charge is 0.376 e. The van der Waals surface area contributed by atoms with Crippen LogP contribution in [0, 0.1) is 13.8 Å². The Kier molecular flexibility index (Phi) is 7.59. The molecule has 0 aromatic heterocycles. The van der Waals surface area contributed by atoms with E-state index in [0.29, 0.717) is 0 Å². The third-order valence-corrected chi connectivity index (χ3v) is 13.5. The summed E-state index contributed by atoms with van der Waals surface area (Å²) >= 11 is 0. The molecule has 9 aromatic rings. The van der Waals surface area contributed by atoms with Crippen molar-refractivity contribution in [3.05, 3.63) is 217 Å². The molecule has 0 bridgehead atoms. The maximum atomic E-state index is 2.63. The smallest absolute Gasteiger partial charge is 0.333 e. The van der Waals surface area contributed by atoms with Crippen molar-refractivity contribution in [3.8, 4) is 11.1 Å². The van der Waals surface area contributed by atoms with Crippen LogP contribution >= 0.6 is 0 Å². The monoisotopic (exact) mass is 790 g/mol. The van der Waals surface area contributed by atoms with E-state index in [2.05, 4.69) is 240 Å². The zero-order valence-electron chi connectivity index (χ0n) is 34.6. The fraction of sp³-hybridized carbons (Fsp3) is 0.0357. The van der Waals surface area contributed by atoms with E-state index in [1.165, 1.54) is 83.7 Å². The van der Waals surface area contributed by atoms with Crippen molar-refractivity contribution in [2.45, 2.75) is 13.8 Å². The van der Waals surface area contributed by atoms with Gasteiger partial charge in [0, 0.05) is 68.1 Å². The molecule has 0 saturated carbocycles. The van der Waals surface area contributed by atoms with Crippen LogP contribution in [-0.4, -0.2) is 13.6 Å². The number of anilines is 11. The number of nitrogens with zero attached hydrogens (tertiary/aromatic N) is 4. The first-order valence-electron chi connectivity index (χ1n) is 21.7. The molecule has 0 fully saturated rings. The van der Waals surface area contributed by atoms with E-state index in [0.717, 1.165) is 28.4 Å². The van der Waals surface area contributed by atoms with Gasteiger partial charge in [-0.3, -0.25) is 0 Å². The zero-order chi connectivity index (χ0) is 41.1. The van der Waals surface area contributed by atoms with Gasteiger partial charge in [0.1, 0.15) is 0 Å². The second-order valence-corrected chi connectivity index (χ2v) is 17.1. The van der Waals surface area contributed by atoms with Crippen LogP contribution in [0.3, 0.4) is 0 Å². The summed E-state index contributed by atoms with van der Waals surface area (Å²) in [5.74, 6) is 0. The van der Waals surface area contributed by atoms with Gasteiger partial charge in [-0.2, -0.15) is 0 Å². The predicted molar refractivity (Wildman–Crippen MR) is 264 cm³/mol. The first-order valence-corrected chi connectivity index (χ1v) is 21.7. The summed E-state index contributed by atoms with van der Waals surface area (Å²) in [7, 11) is 0. The van der Waals surface area contributed by atoms with E-state index in [4.69, 9.17) is 0 Å². The molecule has 0 atom stereocenters. The summed E-state index contributed by atoms with van der Waals surface area (Å²) in [6, 6.07) is 76.8. The van der Waals surface area contributed by atoms with Crippen LogP contribution in [0.25, 0.3) is 11.1 Å². The van der Waals surface area contributed by atoms with E-state index in [9.17, 15) is 0 Å². The molecule has 4 aliphatic heterocycles. The lowest BCUT2D eigenvalue weighted by molar-refractivity contribution is 1.24. The van der Waals surface area contributed by atoms with Gasteiger partial charge in [0.15, 0.2) is 0 Å². The topological polar surface area (TPSA) is 13.0 Å². The summed E-state index contributed by atoms with van der Waals surface area (Å²) in [6.45, 7) is 4.28. The normalized spacial score (nSPS) is 13.5. The van der Waals surface area contributed by atoms with Gasteiger partial charge >= 0.3 is 6.85 Å². The van der Waals surface area contributed by atoms with Crippen molar-refractivity contribution in [2.24, 2.45) is 0 Å². The predicted octanol–water partition coefficient (Wildman–Crippen LogP) is 11.1. The summed E-state index contributed by atoms with van der Waals surface area (Å²) in [5.41, 5.74) is 24.7. The minimum Gasteiger partial charge on any atom is -0.376 e. The molecule has 0 spiro atoms. The van der Waals surface area contributed by atoms with Gasteiger partial charge in [-0.1, -0.05) is 132 Å². The van der Waals surface area contributed by atoms with Crippen LogP contribution in [0.2, 0.25) is 0 Å². The molecule has 4 heterocycles. The van der Waals surface area contributed by atoms with Crippen LogP contribution in [0.1, 0.15) is 11.1 Å². The van der Waals surface area contributed by atoms with E-state index in [1.807, 2.05) is 0 Å². The Morgan fingerprint density at radius 3 is 1.48 bits per heavy atom. The molecular weight excluding hydrogens is 750 g/mol. The highest BCUT2D eigenvalue weighted by molar-refractivity contribution is 7.02. The fourth-order valence-corrected chi connectivity index (χ4v) is 10.9. The summed E-state index contributed by atoms with van der Waals surface area (Å²) in [5, 5.41) is 0. The molecule has 0 saturated heterocycles. The molecule has 62 heavy (non-hydrogen) atoms. The van der Waals surface area contributed by atoms with Crippen LogP contribution < -0.4 is 46.8 Å². The van der Waals surface area contributed by atoms with Crippen LogP contribution in [0.4, 0.5) is 62.6 Å². The Labute approximate surface area is 363 Å². The van der Waals surface area contributed by atoms with Gasteiger partial charge in [0.25, 0.3) is 6.71 Å². The summed E-state index contributed by atoms with van der Waals surface area (Å²) < 4.78 is 0. The van der Waals surface area contributed by atoms with Gasteiger partial charge < -0.3 is 19.5 Å². The van der Waals surface area contributed by atoms with E-state index in [1.54, 1.807) is 0 Å². The molecule has 0 aliphatic carbocycles. The number of para-hydroxylation sites is 5. The van der Waals surface area contributed by atoms with Gasteiger partial charge in [-0.05, 0) is 132 Å². The van der Waals surface area contributed by atoms with Crippen molar-refractivity contribution in [1.29, 1.82) is 0 Å². The van der Waals surface area contributed by atoms with Crippen molar-refractivity contribution in [2.75, 3.05) is 19.5 Å².